The van der Waals surface area contributed by atoms with Crippen molar-refractivity contribution in [3.05, 3.63) is 29.3 Å². The predicted octanol–water partition coefficient (Wildman–Crippen LogP) is 2.14. The Labute approximate surface area is 92.3 Å². The fourth-order valence-corrected chi connectivity index (χ4v) is 2.44. The molecule has 0 amide bonds. The number of likely N-dealkylation sites (N-methyl/N-ethyl adjacent to an activating group) is 2. The fourth-order valence-electron chi connectivity index (χ4n) is 2.44. The molecule has 2 unspecified atom stereocenters. The van der Waals surface area contributed by atoms with Gasteiger partial charge in [-0.2, -0.15) is 0 Å². The van der Waals surface area contributed by atoms with Crippen LogP contribution in [0.25, 0.3) is 0 Å². The predicted molar refractivity (Wildman–Crippen MR) is 65.7 cm³/mol. The lowest BCUT2D eigenvalue weighted by atomic mass is 9.93. The minimum atomic E-state index is 0.538. The molecular weight excluding hydrogens is 184 g/mol. The van der Waals surface area contributed by atoms with Crippen LogP contribution >= 0.6 is 0 Å². The highest BCUT2D eigenvalue weighted by molar-refractivity contribution is 5.61. The molecule has 82 valence electrons. The number of benzene rings is 1. The third kappa shape index (κ3) is 1.74. The second-order valence-corrected chi connectivity index (χ2v) is 4.63. The number of nitrogens with one attached hydrogen (secondary N) is 1. The maximum absolute atomic E-state index is 3.36. The van der Waals surface area contributed by atoms with Gasteiger partial charge in [0.15, 0.2) is 0 Å². The minimum absolute atomic E-state index is 0.538. The number of hydrogen-bond donors (Lipinski definition) is 1. The van der Waals surface area contributed by atoms with Gasteiger partial charge in [0.1, 0.15) is 0 Å². The highest BCUT2D eigenvalue weighted by Crippen LogP contribution is 2.37. The lowest BCUT2D eigenvalue weighted by Crippen LogP contribution is -2.31. The zero-order valence-electron chi connectivity index (χ0n) is 10.0. The van der Waals surface area contributed by atoms with Crippen LogP contribution in [0.3, 0.4) is 0 Å². The summed E-state index contributed by atoms with van der Waals surface area (Å²) in [7, 11) is 4.22. The van der Waals surface area contributed by atoms with Crippen LogP contribution in [0, 0.1) is 6.92 Å². The van der Waals surface area contributed by atoms with Gasteiger partial charge in [0.2, 0.25) is 0 Å². The molecule has 1 aliphatic rings. The van der Waals surface area contributed by atoms with E-state index in [1.165, 1.54) is 16.8 Å². The van der Waals surface area contributed by atoms with Crippen molar-refractivity contribution in [3.8, 4) is 0 Å². The molecular formula is C13H20N2. The minimum Gasteiger partial charge on any atom is -0.374 e. The van der Waals surface area contributed by atoms with Crippen LogP contribution in [0.15, 0.2) is 18.2 Å². The summed E-state index contributed by atoms with van der Waals surface area (Å²) in [6.07, 6.45) is 0. The average Bonchev–Trinajstić information content (AvgIpc) is 2.54. The highest BCUT2D eigenvalue weighted by atomic mass is 15.1. The lowest BCUT2D eigenvalue weighted by molar-refractivity contribution is 0.513. The average molecular weight is 204 g/mol. The largest absolute Gasteiger partial charge is 0.374 e. The van der Waals surface area contributed by atoms with Crippen LogP contribution in [-0.2, 0) is 0 Å². The van der Waals surface area contributed by atoms with Crippen LogP contribution in [0.2, 0.25) is 0 Å². The van der Waals surface area contributed by atoms with Gasteiger partial charge in [0, 0.05) is 31.2 Å². The molecule has 1 aromatic carbocycles. The Kier molecular flexibility index (Phi) is 2.70. The van der Waals surface area contributed by atoms with Crippen molar-refractivity contribution in [2.75, 3.05) is 25.5 Å². The van der Waals surface area contributed by atoms with Gasteiger partial charge in [-0.25, -0.2) is 0 Å². The molecule has 0 radical (unpaired) electrons. The monoisotopic (exact) mass is 204 g/mol. The van der Waals surface area contributed by atoms with E-state index in [4.69, 9.17) is 0 Å². The van der Waals surface area contributed by atoms with Crippen LogP contribution in [0.1, 0.15) is 24.0 Å². The Bertz CT molecular complexity index is 360. The SMILES string of the molecule is CNC(C)C1CN(C)c2ccc(C)cc21. The van der Waals surface area contributed by atoms with E-state index in [1.807, 2.05) is 7.05 Å². The van der Waals surface area contributed by atoms with Crippen molar-refractivity contribution >= 4 is 5.69 Å². The molecule has 0 bridgehead atoms. The maximum atomic E-state index is 3.36. The van der Waals surface area contributed by atoms with Crippen molar-refractivity contribution < 1.29 is 0 Å². The summed E-state index contributed by atoms with van der Waals surface area (Å²) in [5.74, 6) is 0.620. The van der Waals surface area contributed by atoms with E-state index in [-0.39, 0.29) is 0 Å². The van der Waals surface area contributed by atoms with Gasteiger partial charge in [0.25, 0.3) is 0 Å². The van der Waals surface area contributed by atoms with Gasteiger partial charge < -0.3 is 10.2 Å². The Morgan fingerprint density at radius 1 is 1.47 bits per heavy atom. The number of rotatable bonds is 2. The first kappa shape index (κ1) is 10.5. The van der Waals surface area contributed by atoms with Gasteiger partial charge in [-0.1, -0.05) is 17.7 Å². The second kappa shape index (κ2) is 3.86. The van der Waals surface area contributed by atoms with E-state index in [0.717, 1.165) is 6.54 Å². The maximum Gasteiger partial charge on any atom is 0.0400 e. The summed E-state index contributed by atoms with van der Waals surface area (Å²) < 4.78 is 0. The van der Waals surface area contributed by atoms with Gasteiger partial charge in [-0.15, -0.1) is 0 Å². The first-order chi connectivity index (χ1) is 7.13. The van der Waals surface area contributed by atoms with E-state index in [9.17, 15) is 0 Å². The Hall–Kier alpha value is -1.02. The summed E-state index contributed by atoms with van der Waals surface area (Å²) in [6, 6.07) is 7.31. The summed E-state index contributed by atoms with van der Waals surface area (Å²) in [6.45, 7) is 5.55. The molecule has 0 saturated carbocycles. The standard InChI is InChI=1S/C13H20N2/c1-9-5-6-13-11(7-9)12(8-15(13)4)10(2)14-3/h5-7,10,12,14H,8H2,1-4H3. The lowest BCUT2D eigenvalue weighted by Gasteiger charge is -2.19. The third-order valence-electron chi connectivity index (χ3n) is 3.52. The van der Waals surface area contributed by atoms with E-state index >= 15 is 0 Å². The van der Waals surface area contributed by atoms with Crippen LogP contribution in [0.5, 0.6) is 0 Å². The molecule has 2 nitrogen and oxygen atoms in total. The van der Waals surface area contributed by atoms with Crippen molar-refractivity contribution in [1.82, 2.24) is 5.32 Å². The zero-order chi connectivity index (χ0) is 11.0. The number of nitrogens with zero attached hydrogens (tertiary/aromatic N) is 1. The molecule has 2 rings (SSSR count). The molecule has 0 spiro atoms. The van der Waals surface area contributed by atoms with Crippen LogP contribution < -0.4 is 10.2 Å². The van der Waals surface area contributed by atoms with Gasteiger partial charge in [-0.3, -0.25) is 0 Å². The molecule has 0 aromatic heterocycles. The number of aryl methyl sites for hydroxylation is 1. The summed E-state index contributed by atoms with van der Waals surface area (Å²) in [4.78, 5) is 2.35. The van der Waals surface area contributed by atoms with Crippen molar-refractivity contribution in [2.24, 2.45) is 0 Å². The molecule has 1 aliphatic heterocycles. The Morgan fingerprint density at radius 3 is 2.87 bits per heavy atom. The van der Waals surface area contributed by atoms with Crippen molar-refractivity contribution in [2.45, 2.75) is 25.8 Å². The van der Waals surface area contributed by atoms with Crippen LogP contribution in [0.4, 0.5) is 5.69 Å². The van der Waals surface area contributed by atoms with E-state index in [1.54, 1.807) is 0 Å². The number of fused-ring (bicyclic) bond motifs is 1. The summed E-state index contributed by atoms with van der Waals surface area (Å²) >= 11 is 0. The first-order valence-corrected chi connectivity index (χ1v) is 5.62. The van der Waals surface area contributed by atoms with Crippen LogP contribution in [-0.4, -0.2) is 26.7 Å². The Balaban J connectivity index is 2.39. The number of hydrogen-bond acceptors (Lipinski definition) is 2. The van der Waals surface area contributed by atoms with E-state index in [2.05, 4.69) is 49.3 Å². The van der Waals surface area contributed by atoms with Gasteiger partial charge in [-0.05, 0) is 32.5 Å². The highest BCUT2D eigenvalue weighted by Gasteiger charge is 2.29. The molecule has 0 aliphatic carbocycles. The molecule has 2 atom stereocenters. The van der Waals surface area contributed by atoms with Crippen molar-refractivity contribution in [3.63, 3.8) is 0 Å². The summed E-state index contributed by atoms with van der Waals surface area (Å²) in [5.41, 5.74) is 4.25. The molecule has 1 N–H and O–H groups in total. The first-order valence-electron chi connectivity index (χ1n) is 5.62. The molecule has 1 aromatic rings. The molecule has 15 heavy (non-hydrogen) atoms. The van der Waals surface area contributed by atoms with Gasteiger partial charge in [0.05, 0.1) is 0 Å². The second-order valence-electron chi connectivity index (χ2n) is 4.63. The quantitative estimate of drug-likeness (QED) is 0.794. The molecule has 2 heteroatoms. The summed E-state index contributed by atoms with van der Waals surface area (Å²) in [5, 5.41) is 3.36. The van der Waals surface area contributed by atoms with E-state index < -0.39 is 0 Å². The normalized spacial score (nSPS) is 21.6. The molecule has 0 fully saturated rings. The third-order valence-corrected chi connectivity index (χ3v) is 3.52. The smallest absolute Gasteiger partial charge is 0.0400 e. The van der Waals surface area contributed by atoms with E-state index in [0.29, 0.717) is 12.0 Å². The zero-order valence-corrected chi connectivity index (χ0v) is 10.0. The Morgan fingerprint density at radius 2 is 2.20 bits per heavy atom. The molecule has 0 saturated heterocycles. The number of anilines is 1. The topological polar surface area (TPSA) is 15.3 Å². The van der Waals surface area contributed by atoms with Gasteiger partial charge >= 0.3 is 0 Å². The van der Waals surface area contributed by atoms with Crippen molar-refractivity contribution in [1.29, 1.82) is 0 Å². The molecule has 1 heterocycles. The fraction of sp³-hybridized carbons (Fsp3) is 0.538.